The summed E-state index contributed by atoms with van der Waals surface area (Å²) < 4.78 is 4.90. The number of nitrogens with zero attached hydrogens (tertiary/aromatic N) is 3. The maximum Gasteiger partial charge on any atom is 0.311 e. The summed E-state index contributed by atoms with van der Waals surface area (Å²) in [5.41, 5.74) is 1.84. The monoisotopic (exact) mass is 280 g/mol. The number of esters is 1. The lowest BCUT2D eigenvalue weighted by Gasteiger charge is -2.13. The Morgan fingerprint density at radius 1 is 1.58 bits per heavy atom. The normalized spacial score (nSPS) is 10.4. The third-order valence-corrected chi connectivity index (χ3v) is 3.48. The molecular weight excluding hydrogens is 264 g/mol. The summed E-state index contributed by atoms with van der Waals surface area (Å²) in [5, 5.41) is 9.44. The van der Waals surface area contributed by atoms with Gasteiger partial charge in [-0.05, 0) is 6.92 Å². The largest absolute Gasteiger partial charge is 0.466 e. The van der Waals surface area contributed by atoms with Crippen LogP contribution in [0.1, 0.15) is 18.2 Å². The van der Waals surface area contributed by atoms with E-state index in [9.17, 15) is 4.79 Å². The number of anilines is 1. The summed E-state index contributed by atoms with van der Waals surface area (Å²) in [6.07, 6.45) is 3.86. The third-order valence-electron chi connectivity index (χ3n) is 2.47. The highest BCUT2D eigenvalue weighted by molar-refractivity contribution is 7.13. The van der Waals surface area contributed by atoms with Crippen molar-refractivity contribution in [3.8, 4) is 0 Å². The number of carbonyl (C=O) groups excluding carboxylic acids is 1. The zero-order valence-corrected chi connectivity index (χ0v) is 11.7. The Bertz CT molecular complexity index is 524. The molecule has 0 radical (unpaired) electrons. The molecule has 6 nitrogen and oxygen atoms in total. The maximum absolute atomic E-state index is 11.4. The Labute approximate surface area is 115 Å². The van der Waals surface area contributed by atoms with Crippen molar-refractivity contribution in [2.75, 3.05) is 18.6 Å². The first-order valence-corrected chi connectivity index (χ1v) is 6.85. The minimum Gasteiger partial charge on any atom is -0.466 e. The molecule has 1 N–H and O–H groups in total. The van der Waals surface area contributed by atoms with Crippen molar-refractivity contribution in [2.45, 2.75) is 19.9 Å². The zero-order chi connectivity index (χ0) is 13.7. The number of nitrogens with one attached hydrogen (secondary N) is 1. The Hall–Kier alpha value is -1.89. The van der Waals surface area contributed by atoms with Crippen LogP contribution in [0.15, 0.2) is 17.8 Å². The Balaban J connectivity index is 1.94. The van der Waals surface area contributed by atoms with Crippen LogP contribution in [0.25, 0.3) is 0 Å². The number of aromatic amines is 1. The standard InChI is InChI=1S/C12H16N4O2S/c1-3-18-11(17)4-10-8-19-12(15-10)16(2)7-9-5-13-14-6-9/h5-6,8H,3-4,7H2,1-2H3,(H,13,14). The van der Waals surface area contributed by atoms with E-state index in [4.69, 9.17) is 4.74 Å². The van der Waals surface area contributed by atoms with Gasteiger partial charge in [0.25, 0.3) is 0 Å². The molecule has 7 heteroatoms. The molecule has 2 aromatic rings. The van der Waals surface area contributed by atoms with E-state index in [0.717, 1.165) is 22.9 Å². The minimum atomic E-state index is -0.239. The van der Waals surface area contributed by atoms with Crippen LogP contribution in [-0.2, 0) is 22.5 Å². The van der Waals surface area contributed by atoms with Crippen LogP contribution in [0.5, 0.6) is 0 Å². The molecule has 0 amide bonds. The molecule has 0 aromatic carbocycles. The molecule has 0 saturated carbocycles. The molecule has 2 aromatic heterocycles. The fourth-order valence-electron chi connectivity index (χ4n) is 1.62. The molecule has 0 spiro atoms. The number of ether oxygens (including phenoxy) is 1. The second-order valence-corrected chi connectivity index (χ2v) is 4.90. The first-order chi connectivity index (χ1) is 9.19. The molecule has 0 atom stereocenters. The number of hydrogen-bond donors (Lipinski definition) is 1. The molecule has 0 unspecified atom stereocenters. The van der Waals surface area contributed by atoms with Gasteiger partial charge < -0.3 is 9.64 Å². The third kappa shape index (κ3) is 3.78. The van der Waals surface area contributed by atoms with Gasteiger partial charge in [0.15, 0.2) is 5.13 Å². The molecule has 0 saturated heterocycles. The summed E-state index contributed by atoms with van der Waals surface area (Å²) >= 11 is 1.52. The summed E-state index contributed by atoms with van der Waals surface area (Å²) in [6, 6.07) is 0. The predicted molar refractivity (Wildman–Crippen MR) is 73.1 cm³/mol. The second kappa shape index (κ2) is 6.33. The Morgan fingerprint density at radius 2 is 2.42 bits per heavy atom. The number of aromatic nitrogens is 3. The van der Waals surface area contributed by atoms with Crippen molar-refractivity contribution in [3.05, 3.63) is 29.0 Å². The lowest BCUT2D eigenvalue weighted by molar-refractivity contribution is -0.142. The van der Waals surface area contributed by atoms with Crippen molar-refractivity contribution >= 4 is 22.4 Å². The number of thiazole rings is 1. The lowest BCUT2D eigenvalue weighted by atomic mass is 10.3. The van der Waals surface area contributed by atoms with Crippen molar-refractivity contribution in [3.63, 3.8) is 0 Å². The van der Waals surface area contributed by atoms with Crippen LogP contribution in [0, 0.1) is 0 Å². The van der Waals surface area contributed by atoms with E-state index < -0.39 is 0 Å². The first-order valence-electron chi connectivity index (χ1n) is 5.98. The molecule has 102 valence electrons. The molecular formula is C12H16N4O2S. The number of rotatable bonds is 6. The smallest absolute Gasteiger partial charge is 0.311 e. The fourth-order valence-corrected chi connectivity index (χ4v) is 2.41. The average molecular weight is 280 g/mol. The molecule has 2 heterocycles. The van der Waals surface area contributed by atoms with E-state index in [2.05, 4.69) is 15.2 Å². The second-order valence-electron chi connectivity index (χ2n) is 4.07. The average Bonchev–Trinajstić information content (AvgIpc) is 3.00. The molecule has 0 bridgehead atoms. The van der Waals surface area contributed by atoms with E-state index in [0.29, 0.717) is 6.61 Å². The van der Waals surface area contributed by atoms with Crippen LogP contribution in [0.3, 0.4) is 0 Å². The lowest BCUT2D eigenvalue weighted by Crippen LogP contribution is -2.16. The van der Waals surface area contributed by atoms with E-state index in [1.807, 2.05) is 23.5 Å². The highest BCUT2D eigenvalue weighted by Crippen LogP contribution is 2.21. The van der Waals surface area contributed by atoms with Crippen molar-refractivity contribution in [1.82, 2.24) is 15.2 Å². The zero-order valence-electron chi connectivity index (χ0n) is 10.9. The first kappa shape index (κ1) is 13.5. The SMILES string of the molecule is CCOC(=O)Cc1csc(N(C)Cc2cn[nH]c2)n1. The molecule has 2 rings (SSSR count). The van der Waals surface area contributed by atoms with Gasteiger partial charge in [-0.15, -0.1) is 11.3 Å². The van der Waals surface area contributed by atoms with Crippen LogP contribution in [-0.4, -0.2) is 34.8 Å². The number of H-pyrrole nitrogens is 1. The summed E-state index contributed by atoms with van der Waals surface area (Å²) in [7, 11) is 1.96. The molecule has 0 aliphatic carbocycles. The van der Waals surface area contributed by atoms with Gasteiger partial charge in [-0.25, -0.2) is 4.98 Å². The van der Waals surface area contributed by atoms with Crippen LogP contribution >= 0.6 is 11.3 Å². The fraction of sp³-hybridized carbons (Fsp3) is 0.417. The van der Waals surface area contributed by atoms with Crippen molar-refractivity contribution in [2.24, 2.45) is 0 Å². The quantitative estimate of drug-likeness (QED) is 0.814. The maximum atomic E-state index is 11.4. The summed E-state index contributed by atoms with van der Waals surface area (Å²) in [5.74, 6) is -0.239. The van der Waals surface area contributed by atoms with E-state index in [-0.39, 0.29) is 12.4 Å². The van der Waals surface area contributed by atoms with E-state index in [1.165, 1.54) is 11.3 Å². The predicted octanol–water partition coefficient (Wildman–Crippen LogP) is 1.61. The van der Waals surface area contributed by atoms with Gasteiger partial charge in [0.1, 0.15) is 0 Å². The van der Waals surface area contributed by atoms with Crippen LogP contribution in [0.4, 0.5) is 5.13 Å². The molecule has 0 aliphatic rings. The van der Waals surface area contributed by atoms with Crippen LogP contribution < -0.4 is 4.90 Å². The van der Waals surface area contributed by atoms with Gasteiger partial charge in [-0.2, -0.15) is 5.10 Å². The molecule has 0 fully saturated rings. The number of hydrogen-bond acceptors (Lipinski definition) is 6. The van der Waals surface area contributed by atoms with Gasteiger partial charge >= 0.3 is 5.97 Å². The van der Waals surface area contributed by atoms with Crippen molar-refractivity contribution < 1.29 is 9.53 Å². The topological polar surface area (TPSA) is 71.1 Å². The van der Waals surface area contributed by atoms with Gasteiger partial charge in [-0.3, -0.25) is 9.89 Å². The summed E-state index contributed by atoms with van der Waals surface area (Å²) in [6.45, 7) is 2.92. The highest BCUT2D eigenvalue weighted by atomic mass is 32.1. The molecule has 19 heavy (non-hydrogen) atoms. The van der Waals surface area contributed by atoms with Crippen LogP contribution in [0.2, 0.25) is 0 Å². The Morgan fingerprint density at radius 3 is 3.11 bits per heavy atom. The van der Waals surface area contributed by atoms with Crippen molar-refractivity contribution in [1.29, 1.82) is 0 Å². The number of carbonyl (C=O) groups is 1. The molecule has 0 aliphatic heterocycles. The van der Waals surface area contributed by atoms with E-state index >= 15 is 0 Å². The summed E-state index contributed by atoms with van der Waals surface area (Å²) in [4.78, 5) is 17.8. The van der Waals surface area contributed by atoms with E-state index in [1.54, 1.807) is 13.1 Å². The minimum absolute atomic E-state index is 0.226. The van der Waals surface area contributed by atoms with Gasteiger partial charge in [-0.1, -0.05) is 0 Å². The highest BCUT2D eigenvalue weighted by Gasteiger charge is 2.11. The van der Waals surface area contributed by atoms with Gasteiger partial charge in [0.2, 0.25) is 0 Å². The van der Waals surface area contributed by atoms with Gasteiger partial charge in [0.05, 0.1) is 24.9 Å². The van der Waals surface area contributed by atoms with Gasteiger partial charge in [0, 0.05) is 30.7 Å². The Kier molecular flexibility index (Phi) is 4.51.